The van der Waals surface area contributed by atoms with Gasteiger partial charge < -0.3 is 19.1 Å². The molecule has 6 nitrogen and oxygen atoms in total. The van der Waals surface area contributed by atoms with Gasteiger partial charge in [0.15, 0.2) is 0 Å². The largest absolute Gasteiger partial charge is 0.497 e. The second kappa shape index (κ2) is 5.88. The number of hydrogen-bond donors (Lipinski definition) is 0. The first-order chi connectivity index (χ1) is 12.1. The van der Waals surface area contributed by atoms with Crippen molar-refractivity contribution in [2.24, 2.45) is 11.8 Å². The summed E-state index contributed by atoms with van der Waals surface area (Å²) < 4.78 is 16.5. The van der Waals surface area contributed by atoms with Crippen molar-refractivity contribution in [1.29, 1.82) is 0 Å². The van der Waals surface area contributed by atoms with E-state index in [1.807, 2.05) is 43.3 Å². The lowest BCUT2D eigenvalue weighted by Crippen LogP contribution is -2.40. The molecule has 1 spiro atoms. The topological polar surface area (TPSA) is 65.1 Å². The maximum atomic E-state index is 13.1. The van der Waals surface area contributed by atoms with Gasteiger partial charge in [-0.25, -0.2) is 0 Å². The molecule has 0 aliphatic carbocycles. The monoisotopic (exact) mass is 343 g/mol. The smallest absolute Gasteiger partial charge is 0.312 e. The number of carbonyl (C=O) groups is 2. The molecule has 25 heavy (non-hydrogen) atoms. The summed E-state index contributed by atoms with van der Waals surface area (Å²) in [6, 6.07) is 7.31. The van der Waals surface area contributed by atoms with Crippen LogP contribution in [0.1, 0.15) is 13.3 Å². The van der Waals surface area contributed by atoms with Gasteiger partial charge in [0, 0.05) is 5.69 Å². The van der Waals surface area contributed by atoms with Crippen LogP contribution >= 0.6 is 0 Å². The summed E-state index contributed by atoms with van der Waals surface area (Å²) in [6.07, 6.45) is 4.21. The highest BCUT2D eigenvalue weighted by atomic mass is 16.6. The highest BCUT2D eigenvalue weighted by molar-refractivity contribution is 6.02. The number of anilines is 1. The lowest BCUT2D eigenvalue weighted by molar-refractivity contribution is -0.152. The van der Waals surface area contributed by atoms with E-state index in [4.69, 9.17) is 14.2 Å². The van der Waals surface area contributed by atoms with Gasteiger partial charge in [-0.1, -0.05) is 19.1 Å². The van der Waals surface area contributed by atoms with E-state index in [0.29, 0.717) is 13.2 Å². The molecule has 1 aromatic rings. The number of ether oxygens (including phenoxy) is 3. The van der Waals surface area contributed by atoms with Crippen LogP contribution in [0.2, 0.25) is 0 Å². The van der Waals surface area contributed by atoms with Crippen molar-refractivity contribution in [3.05, 3.63) is 36.4 Å². The molecule has 1 amide bonds. The number of fused-ring (bicyclic) bond motifs is 1. The third kappa shape index (κ3) is 2.35. The van der Waals surface area contributed by atoms with Crippen LogP contribution in [0.5, 0.6) is 5.75 Å². The molecule has 0 saturated carbocycles. The quantitative estimate of drug-likeness (QED) is 0.604. The van der Waals surface area contributed by atoms with E-state index in [0.717, 1.165) is 17.9 Å². The zero-order valence-corrected chi connectivity index (χ0v) is 14.3. The zero-order chi connectivity index (χ0) is 17.6. The van der Waals surface area contributed by atoms with Crippen LogP contribution in [-0.2, 0) is 19.1 Å². The van der Waals surface area contributed by atoms with E-state index in [-0.39, 0.29) is 18.0 Å². The molecule has 3 aliphatic rings. The van der Waals surface area contributed by atoms with Gasteiger partial charge in [0.05, 0.1) is 32.3 Å². The average Bonchev–Trinajstić information content (AvgIpc) is 3.28. The third-order valence-electron chi connectivity index (χ3n) is 5.21. The first-order valence-electron chi connectivity index (χ1n) is 8.59. The number of nitrogens with zero attached hydrogens (tertiary/aromatic N) is 1. The lowest BCUT2D eigenvalue weighted by Gasteiger charge is -2.22. The average molecular weight is 343 g/mol. The fourth-order valence-corrected chi connectivity index (χ4v) is 4.05. The van der Waals surface area contributed by atoms with E-state index >= 15 is 0 Å². The highest BCUT2D eigenvalue weighted by Gasteiger charge is 2.67. The number of hydrogen-bond acceptors (Lipinski definition) is 5. The van der Waals surface area contributed by atoms with E-state index in [1.54, 1.807) is 12.0 Å². The van der Waals surface area contributed by atoms with Crippen LogP contribution in [0.3, 0.4) is 0 Å². The molecule has 4 rings (SSSR count). The Bertz CT molecular complexity index is 728. The molecular formula is C19H21NO5. The maximum Gasteiger partial charge on any atom is 0.312 e. The van der Waals surface area contributed by atoms with E-state index in [1.165, 1.54) is 0 Å². The van der Waals surface area contributed by atoms with Crippen molar-refractivity contribution >= 4 is 17.6 Å². The van der Waals surface area contributed by atoms with Gasteiger partial charge in [-0.15, -0.1) is 0 Å². The van der Waals surface area contributed by atoms with Gasteiger partial charge in [-0.05, 0) is 30.7 Å². The Morgan fingerprint density at radius 1 is 1.36 bits per heavy atom. The zero-order valence-electron chi connectivity index (χ0n) is 14.3. The minimum Gasteiger partial charge on any atom is -0.497 e. The fraction of sp³-hybridized carbons (Fsp3) is 0.474. The predicted molar refractivity (Wildman–Crippen MR) is 90.3 cm³/mol. The molecule has 0 unspecified atom stereocenters. The van der Waals surface area contributed by atoms with Crippen LogP contribution < -0.4 is 9.64 Å². The van der Waals surface area contributed by atoms with Crippen LogP contribution in [0.4, 0.5) is 5.69 Å². The molecule has 3 aliphatic heterocycles. The number of esters is 1. The van der Waals surface area contributed by atoms with Crippen molar-refractivity contribution in [3.8, 4) is 5.75 Å². The minimum atomic E-state index is -0.725. The summed E-state index contributed by atoms with van der Waals surface area (Å²) in [6.45, 7) is 2.72. The van der Waals surface area contributed by atoms with Gasteiger partial charge in [-0.3, -0.25) is 9.59 Å². The van der Waals surface area contributed by atoms with Crippen molar-refractivity contribution in [2.45, 2.75) is 25.0 Å². The second-order valence-electron chi connectivity index (χ2n) is 6.69. The third-order valence-corrected chi connectivity index (χ3v) is 5.21. The Kier molecular flexibility index (Phi) is 3.80. The molecular weight excluding hydrogens is 322 g/mol. The fourth-order valence-electron chi connectivity index (χ4n) is 4.05. The highest BCUT2D eigenvalue weighted by Crippen LogP contribution is 2.52. The summed E-state index contributed by atoms with van der Waals surface area (Å²) >= 11 is 0. The van der Waals surface area contributed by atoms with Crippen molar-refractivity contribution < 1.29 is 23.8 Å². The number of benzene rings is 1. The van der Waals surface area contributed by atoms with E-state index < -0.39 is 17.4 Å². The predicted octanol–water partition coefficient (Wildman–Crippen LogP) is 1.93. The van der Waals surface area contributed by atoms with Crippen molar-refractivity contribution in [2.75, 3.05) is 25.2 Å². The van der Waals surface area contributed by atoms with Gasteiger partial charge in [0.1, 0.15) is 17.3 Å². The Balaban J connectivity index is 1.61. The number of rotatable bonds is 5. The molecule has 0 aromatic heterocycles. The molecule has 6 heteroatoms. The maximum absolute atomic E-state index is 13.1. The summed E-state index contributed by atoms with van der Waals surface area (Å²) in [5.41, 5.74) is 0.0492. The molecule has 4 atom stereocenters. The van der Waals surface area contributed by atoms with Gasteiger partial charge >= 0.3 is 5.97 Å². The summed E-state index contributed by atoms with van der Waals surface area (Å²) in [4.78, 5) is 27.3. The van der Waals surface area contributed by atoms with Crippen LogP contribution in [0, 0.1) is 11.8 Å². The molecule has 0 radical (unpaired) electrons. The Labute approximate surface area is 146 Å². The second-order valence-corrected chi connectivity index (χ2v) is 6.69. The summed E-state index contributed by atoms with van der Waals surface area (Å²) in [5, 5.41) is 0. The minimum absolute atomic E-state index is 0.0875. The lowest BCUT2D eigenvalue weighted by atomic mass is 9.77. The SMILES string of the molecule is CCCOC(=O)[C@@H]1[C@H]2C=C[C@]3(CN(c4ccc(OC)cc4)C(=O)[C@@H]13)O2. The van der Waals surface area contributed by atoms with Crippen LogP contribution in [0.15, 0.2) is 36.4 Å². The van der Waals surface area contributed by atoms with Gasteiger partial charge in [0.25, 0.3) is 0 Å². The number of amides is 1. The first kappa shape index (κ1) is 16.1. The van der Waals surface area contributed by atoms with Gasteiger partial charge in [0.2, 0.25) is 5.91 Å². The van der Waals surface area contributed by atoms with E-state index in [9.17, 15) is 9.59 Å². The van der Waals surface area contributed by atoms with Crippen molar-refractivity contribution in [3.63, 3.8) is 0 Å². The molecule has 2 bridgehead atoms. The normalized spacial score (nSPS) is 32.2. The Morgan fingerprint density at radius 2 is 2.12 bits per heavy atom. The van der Waals surface area contributed by atoms with Crippen LogP contribution in [-0.4, -0.2) is 43.8 Å². The summed E-state index contributed by atoms with van der Waals surface area (Å²) in [7, 11) is 1.60. The Morgan fingerprint density at radius 3 is 2.80 bits per heavy atom. The molecule has 2 saturated heterocycles. The first-order valence-corrected chi connectivity index (χ1v) is 8.59. The summed E-state index contributed by atoms with van der Waals surface area (Å²) in [5.74, 6) is -0.781. The molecule has 2 fully saturated rings. The van der Waals surface area contributed by atoms with Gasteiger partial charge in [-0.2, -0.15) is 0 Å². The number of methoxy groups -OCH3 is 1. The van der Waals surface area contributed by atoms with Crippen LogP contribution in [0.25, 0.3) is 0 Å². The standard InChI is InChI=1S/C19H21NO5/c1-3-10-24-18(22)15-14-8-9-19(25-14)11-20(17(21)16(15)19)12-4-6-13(23-2)7-5-12/h4-9,14-16H,3,10-11H2,1-2H3/t14-,15-,16-,19-/m1/s1. The molecule has 132 valence electrons. The molecule has 0 N–H and O–H groups in total. The van der Waals surface area contributed by atoms with E-state index in [2.05, 4.69) is 0 Å². The molecule has 1 aromatic carbocycles. The van der Waals surface area contributed by atoms with Crippen molar-refractivity contribution in [1.82, 2.24) is 0 Å². The molecule has 3 heterocycles. The number of carbonyl (C=O) groups excluding carboxylic acids is 2. The Hall–Kier alpha value is -2.34.